The molecule has 0 bridgehead atoms. The monoisotopic (exact) mass is 486 g/mol. The Morgan fingerprint density at radius 3 is 2.55 bits per heavy atom. The number of nitrogens with zero attached hydrogens (tertiary/aromatic N) is 2. The van der Waals surface area contributed by atoms with E-state index in [-0.39, 0.29) is 23.1 Å². The first-order valence-electron chi connectivity index (χ1n) is 10.1. The van der Waals surface area contributed by atoms with Gasteiger partial charge in [-0.15, -0.1) is 0 Å². The standard InChI is InChI=1S/C23H22N2O6S2/c1-14(2)13-31-21(26)12-24-22(27)20(33-23(24)28)11-16-6-9-19(18(10-16)25(29)30)32-17-7-4-15(3)5-8-17/h4-11,14H,12-13H2,1-3H3. The highest BCUT2D eigenvalue weighted by Gasteiger charge is 2.36. The number of esters is 1. The van der Waals surface area contributed by atoms with E-state index in [0.717, 1.165) is 15.4 Å². The van der Waals surface area contributed by atoms with E-state index in [0.29, 0.717) is 22.2 Å². The molecule has 33 heavy (non-hydrogen) atoms. The van der Waals surface area contributed by atoms with Crippen molar-refractivity contribution in [2.24, 2.45) is 5.92 Å². The Balaban J connectivity index is 1.78. The molecule has 1 aliphatic heterocycles. The molecule has 10 heteroatoms. The summed E-state index contributed by atoms with van der Waals surface area (Å²) in [5, 5.41) is 11.1. The first-order chi connectivity index (χ1) is 15.6. The molecular formula is C23H22N2O6S2. The number of hydrogen-bond donors (Lipinski definition) is 0. The van der Waals surface area contributed by atoms with E-state index in [9.17, 15) is 24.5 Å². The van der Waals surface area contributed by atoms with Crippen LogP contribution in [0, 0.1) is 23.0 Å². The fraction of sp³-hybridized carbons (Fsp3) is 0.261. The van der Waals surface area contributed by atoms with Crippen molar-refractivity contribution in [1.82, 2.24) is 4.90 Å². The van der Waals surface area contributed by atoms with E-state index < -0.39 is 28.6 Å². The van der Waals surface area contributed by atoms with Gasteiger partial charge in [0.2, 0.25) is 0 Å². The number of imide groups is 1. The SMILES string of the molecule is Cc1ccc(Sc2ccc(C=C3SC(=O)N(CC(=O)OCC(C)C)C3=O)cc2[N+](=O)[O-])cc1. The lowest BCUT2D eigenvalue weighted by Crippen LogP contribution is -2.34. The van der Waals surface area contributed by atoms with Crippen LogP contribution < -0.4 is 0 Å². The van der Waals surface area contributed by atoms with Gasteiger partial charge in [-0.05, 0) is 54.4 Å². The minimum atomic E-state index is -0.666. The van der Waals surface area contributed by atoms with Gasteiger partial charge in [-0.25, -0.2) is 0 Å². The van der Waals surface area contributed by atoms with Crippen LogP contribution in [0.25, 0.3) is 6.08 Å². The van der Waals surface area contributed by atoms with Crippen LogP contribution in [0.1, 0.15) is 25.0 Å². The van der Waals surface area contributed by atoms with Crippen molar-refractivity contribution in [3.05, 3.63) is 68.6 Å². The molecule has 2 aromatic carbocycles. The van der Waals surface area contributed by atoms with Gasteiger partial charge in [-0.1, -0.05) is 49.4 Å². The molecule has 0 aliphatic carbocycles. The third-order valence-electron chi connectivity index (χ3n) is 4.46. The van der Waals surface area contributed by atoms with Crippen LogP contribution in [0.3, 0.4) is 0 Å². The summed E-state index contributed by atoms with van der Waals surface area (Å²) in [5.41, 5.74) is 1.39. The Kier molecular flexibility index (Phi) is 7.93. The summed E-state index contributed by atoms with van der Waals surface area (Å²) >= 11 is 1.95. The number of carbonyl (C=O) groups is 3. The number of hydrogen-bond acceptors (Lipinski definition) is 8. The Morgan fingerprint density at radius 1 is 1.21 bits per heavy atom. The van der Waals surface area contributed by atoms with Crippen molar-refractivity contribution < 1.29 is 24.0 Å². The van der Waals surface area contributed by atoms with E-state index in [1.807, 2.05) is 45.0 Å². The van der Waals surface area contributed by atoms with Crippen molar-refractivity contribution in [3.63, 3.8) is 0 Å². The van der Waals surface area contributed by atoms with Crippen LogP contribution >= 0.6 is 23.5 Å². The van der Waals surface area contributed by atoms with Gasteiger partial charge in [0.1, 0.15) is 6.54 Å². The van der Waals surface area contributed by atoms with Crippen LogP contribution in [0.4, 0.5) is 10.5 Å². The second-order valence-corrected chi connectivity index (χ2v) is 9.85. The lowest BCUT2D eigenvalue weighted by atomic mass is 10.2. The molecule has 3 rings (SSSR count). The topological polar surface area (TPSA) is 107 Å². The molecule has 0 unspecified atom stereocenters. The molecule has 1 fully saturated rings. The van der Waals surface area contributed by atoms with E-state index in [4.69, 9.17) is 4.74 Å². The smallest absolute Gasteiger partial charge is 0.326 e. The molecule has 8 nitrogen and oxygen atoms in total. The van der Waals surface area contributed by atoms with Crippen molar-refractivity contribution in [1.29, 1.82) is 0 Å². The van der Waals surface area contributed by atoms with Gasteiger partial charge in [-0.2, -0.15) is 0 Å². The number of carbonyl (C=O) groups excluding carboxylic acids is 3. The highest BCUT2D eigenvalue weighted by atomic mass is 32.2. The number of ether oxygens (including phenoxy) is 1. The predicted octanol–water partition coefficient (Wildman–Crippen LogP) is 5.29. The van der Waals surface area contributed by atoms with Crippen molar-refractivity contribution in [2.75, 3.05) is 13.2 Å². The zero-order valence-corrected chi connectivity index (χ0v) is 19.9. The van der Waals surface area contributed by atoms with Gasteiger partial charge in [0, 0.05) is 11.0 Å². The average Bonchev–Trinajstić information content (AvgIpc) is 3.02. The molecule has 2 aromatic rings. The van der Waals surface area contributed by atoms with Crippen LogP contribution in [-0.2, 0) is 14.3 Å². The quantitative estimate of drug-likeness (QED) is 0.214. The summed E-state index contributed by atoms with van der Waals surface area (Å²) < 4.78 is 5.04. The number of aryl methyl sites for hydroxylation is 1. The van der Waals surface area contributed by atoms with E-state index in [1.54, 1.807) is 12.1 Å². The maximum absolute atomic E-state index is 12.6. The maximum atomic E-state index is 12.6. The van der Waals surface area contributed by atoms with Gasteiger partial charge in [0.25, 0.3) is 16.8 Å². The number of amides is 2. The summed E-state index contributed by atoms with van der Waals surface area (Å²) in [6.45, 7) is 5.43. The van der Waals surface area contributed by atoms with E-state index in [2.05, 4.69) is 0 Å². The second kappa shape index (κ2) is 10.7. The Morgan fingerprint density at radius 2 is 1.91 bits per heavy atom. The van der Waals surface area contributed by atoms with Crippen LogP contribution in [0.5, 0.6) is 0 Å². The summed E-state index contributed by atoms with van der Waals surface area (Å²) in [5.74, 6) is -1.17. The molecule has 0 spiro atoms. The van der Waals surface area contributed by atoms with E-state index >= 15 is 0 Å². The van der Waals surface area contributed by atoms with Gasteiger partial charge in [-0.3, -0.25) is 29.4 Å². The normalized spacial score (nSPS) is 14.9. The van der Waals surface area contributed by atoms with Gasteiger partial charge in [0.05, 0.1) is 21.3 Å². The number of rotatable bonds is 8. The minimum Gasteiger partial charge on any atom is -0.464 e. The molecule has 172 valence electrons. The van der Waals surface area contributed by atoms with E-state index in [1.165, 1.54) is 23.9 Å². The molecule has 0 atom stereocenters. The zero-order valence-electron chi connectivity index (χ0n) is 18.3. The predicted molar refractivity (Wildman–Crippen MR) is 127 cm³/mol. The second-order valence-electron chi connectivity index (χ2n) is 7.74. The van der Waals surface area contributed by atoms with Gasteiger partial charge in [0.15, 0.2) is 0 Å². The highest BCUT2D eigenvalue weighted by Crippen LogP contribution is 2.37. The molecule has 2 amide bonds. The number of thioether (sulfide) groups is 1. The lowest BCUT2D eigenvalue weighted by molar-refractivity contribution is -0.387. The van der Waals surface area contributed by atoms with Crippen molar-refractivity contribution in [2.45, 2.75) is 30.6 Å². The zero-order chi connectivity index (χ0) is 24.1. The molecule has 1 heterocycles. The molecular weight excluding hydrogens is 464 g/mol. The number of nitro benzene ring substituents is 1. The molecule has 1 saturated heterocycles. The van der Waals surface area contributed by atoms with Gasteiger partial charge < -0.3 is 4.74 Å². The minimum absolute atomic E-state index is 0.0879. The summed E-state index contributed by atoms with van der Waals surface area (Å²) in [6, 6.07) is 12.3. The summed E-state index contributed by atoms with van der Waals surface area (Å²) in [7, 11) is 0. The fourth-order valence-corrected chi connectivity index (χ4v) is 4.55. The van der Waals surface area contributed by atoms with Crippen molar-refractivity contribution in [3.8, 4) is 0 Å². The molecule has 0 radical (unpaired) electrons. The summed E-state index contributed by atoms with van der Waals surface area (Å²) in [6.07, 6.45) is 1.41. The summed E-state index contributed by atoms with van der Waals surface area (Å²) in [4.78, 5) is 50.1. The Hall–Kier alpha value is -3.11. The molecule has 0 aromatic heterocycles. The van der Waals surface area contributed by atoms with Gasteiger partial charge >= 0.3 is 5.97 Å². The average molecular weight is 487 g/mol. The van der Waals surface area contributed by atoms with Crippen LogP contribution in [0.15, 0.2) is 57.2 Å². The lowest BCUT2D eigenvalue weighted by Gasteiger charge is -2.12. The molecule has 0 saturated carbocycles. The molecule has 0 N–H and O–H groups in total. The molecule has 1 aliphatic rings. The van der Waals surface area contributed by atoms with Crippen molar-refractivity contribution >= 4 is 52.4 Å². The van der Waals surface area contributed by atoms with Crippen LogP contribution in [-0.4, -0.2) is 40.1 Å². The van der Waals surface area contributed by atoms with Crippen LogP contribution in [0.2, 0.25) is 0 Å². The third-order valence-corrected chi connectivity index (χ3v) is 6.45. The number of nitro groups is 1. The Bertz CT molecular complexity index is 1130. The third kappa shape index (κ3) is 6.45. The Labute approximate surface area is 199 Å². The maximum Gasteiger partial charge on any atom is 0.326 e. The highest BCUT2D eigenvalue weighted by molar-refractivity contribution is 8.18. The first-order valence-corrected chi connectivity index (χ1v) is 11.7. The fourth-order valence-electron chi connectivity index (χ4n) is 2.81. The number of benzene rings is 2. The first kappa shape index (κ1) is 24.5. The largest absolute Gasteiger partial charge is 0.464 e.